The van der Waals surface area contributed by atoms with Crippen molar-refractivity contribution >= 4 is 71.0 Å². The molecule has 0 N–H and O–H groups in total. The standard InChI is InChI=1S/C71H46/c1-45-61(50-23-7-2-8-24-50)63(51-25-9-3-10-26-51)65(53-29-13-5-14-30-53)69-62(45)70-67(55-41-39-48-37-35-46-21-17-19-33-57(46)59(48)43-55)64(52-27-11-4-12-28-52)66(54-31-15-6-16-32-54)71(70)68(69)56-42-40-49-38-36-47-22-18-20-34-58(47)60(49)44-56/h2-44H,1H3. The monoisotopic (exact) mass is 898 g/mol. The molecule has 2 aliphatic carbocycles. The van der Waals surface area contributed by atoms with E-state index in [1.54, 1.807) is 0 Å². The van der Waals surface area contributed by atoms with E-state index in [1.807, 2.05) is 0 Å². The van der Waals surface area contributed by atoms with Gasteiger partial charge in [-0.3, -0.25) is 0 Å². The molecule has 0 fully saturated rings. The highest BCUT2D eigenvalue weighted by Gasteiger charge is 2.44. The van der Waals surface area contributed by atoms with Gasteiger partial charge in [-0.05, 0) is 168 Å². The van der Waals surface area contributed by atoms with Gasteiger partial charge in [0, 0.05) is 0 Å². The van der Waals surface area contributed by atoms with Crippen molar-refractivity contribution in [1.82, 2.24) is 0 Å². The summed E-state index contributed by atoms with van der Waals surface area (Å²) in [4.78, 5) is 0. The Bertz CT molecular complexity index is 4210. The van der Waals surface area contributed by atoms with Gasteiger partial charge >= 0.3 is 0 Å². The predicted molar refractivity (Wildman–Crippen MR) is 303 cm³/mol. The lowest BCUT2D eigenvalue weighted by atomic mass is 9.76. The molecular weight excluding hydrogens is 853 g/mol. The Balaban J connectivity index is 1.25. The normalized spacial score (nSPS) is 13.3. The van der Waals surface area contributed by atoms with E-state index in [0.29, 0.717) is 0 Å². The van der Waals surface area contributed by atoms with Crippen molar-refractivity contribution in [3.8, 4) is 33.4 Å². The average molecular weight is 899 g/mol. The summed E-state index contributed by atoms with van der Waals surface area (Å²) in [6, 6.07) is 97.0. The quantitative estimate of drug-likeness (QED) is 0.140. The Morgan fingerprint density at radius 2 is 0.507 bits per heavy atom. The molecule has 0 heteroatoms. The van der Waals surface area contributed by atoms with Gasteiger partial charge in [0.2, 0.25) is 0 Å². The molecule has 0 spiro atoms. The summed E-state index contributed by atoms with van der Waals surface area (Å²) in [6.07, 6.45) is 0. The molecule has 71 heavy (non-hydrogen) atoms. The van der Waals surface area contributed by atoms with E-state index in [1.165, 1.54) is 149 Å². The first-order valence-corrected chi connectivity index (χ1v) is 24.8. The summed E-state index contributed by atoms with van der Waals surface area (Å²) < 4.78 is 0. The first-order chi connectivity index (χ1) is 35.2. The van der Waals surface area contributed by atoms with Crippen molar-refractivity contribution in [3.63, 3.8) is 0 Å². The second-order valence-corrected chi connectivity index (χ2v) is 19.0. The van der Waals surface area contributed by atoms with Crippen LogP contribution in [0.25, 0.3) is 104 Å². The number of benzene rings is 12. The van der Waals surface area contributed by atoms with Gasteiger partial charge in [-0.1, -0.05) is 249 Å². The third-order valence-electron chi connectivity index (χ3n) is 15.1. The number of hydrogen-bond donors (Lipinski definition) is 0. The van der Waals surface area contributed by atoms with Crippen molar-refractivity contribution in [2.75, 3.05) is 0 Å². The maximum Gasteiger partial charge on any atom is -0.000104 e. The fourth-order valence-electron chi connectivity index (χ4n) is 12.1. The zero-order chi connectivity index (χ0) is 47.0. The second-order valence-electron chi connectivity index (χ2n) is 19.0. The third kappa shape index (κ3) is 6.46. The molecule has 0 aromatic heterocycles. The number of hydrogen-bond acceptors (Lipinski definition) is 0. The molecule has 12 aromatic carbocycles. The second kappa shape index (κ2) is 16.6. The van der Waals surface area contributed by atoms with E-state index < -0.39 is 0 Å². The van der Waals surface area contributed by atoms with Crippen LogP contribution >= 0.6 is 0 Å². The number of allylic oxidation sites excluding steroid dienone is 5. The van der Waals surface area contributed by atoms with Crippen LogP contribution in [0.1, 0.15) is 38.9 Å². The van der Waals surface area contributed by atoms with Crippen molar-refractivity contribution in [1.29, 1.82) is 0 Å². The van der Waals surface area contributed by atoms with Gasteiger partial charge in [-0.25, -0.2) is 0 Å². The highest BCUT2D eigenvalue weighted by atomic mass is 14.5. The predicted octanol–water partition coefficient (Wildman–Crippen LogP) is 19.0. The van der Waals surface area contributed by atoms with Gasteiger partial charge in [0.05, 0.1) is 0 Å². The topological polar surface area (TPSA) is 0 Å². The van der Waals surface area contributed by atoms with E-state index in [0.717, 1.165) is 0 Å². The molecule has 0 radical (unpaired) electrons. The Kier molecular flexibility index (Phi) is 9.54. The molecule has 0 saturated carbocycles. The van der Waals surface area contributed by atoms with Gasteiger partial charge in [-0.2, -0.15) is 0 Å². The van der Waals surface area contributed by atoms with Gasteiger partial charge in [-0.15, -0.1) is 0 Å². The molecule has 12 aromatic rings. The first-order valence-electron chi connectivity index (χ1n) is 24.8. The average Bonchev–Trinajstić information content (AvgIpc) is 3.98. The highest BCUT2D eigenvalue weighted by Crippen LogP contribution is 2.65. The lowest BCUT2D eigenvalue weighted by Gasteiger charge is -2.26. The zero-order valence-corrected chi connectivity index (χ0v) is 39.3. The molecule has 0 unspecified atom stereocenters. The van der Waals surface area contributed by atoms with E-state index in [9.17, 15) is 0 Å². The van der Waals surface area contributed by atoms with Crippen molar-refractivity contribution in [3.05, 3.63) is 305 Å². The summed E-state index contributed by atoms with van der Waals surface area (Å²) in [5.74, 6) is 0. The fourth-order valence-corrected chi connectivity index (χ4v) is 12.1. The van der Waals surface area contributed by atoms with Crippen molar-refractivity contribution in [2.24, 2.45) is 0 Å². The molecule has 0 nitrogen and oxygen atoms in total. The van der Waals surface area contributed by atoms with Crippen molar-refractivity contribution in [2.45, 2.75) is 6.92 Å². The molecule has 0 heterocycles. The van der Waals surface area contributed by atoms with Crippen LogP contribution in [0.3, 0.4) is 0 Å². The number of rotatable bonds is 7. The van der Waals surface area contributed by atoms with Gasteiger partial charge in [0.1, 0.15) is 0 Å². The van der Waals surface area contributed by atoms with Crippen LogP contribution in [0.4, 0.5) is 0 Å². The van der Waals surface area contributed by atoms with Crippen molar-refractivity contribution < 1.29 is 0 Å². The fraction of sp³-hybridized carbons (Fsp3) is 0.0141. The summed E-state index contributed by atoms with van der Waals surface area (Å²) in [7, 11) is 0. The van der Waals surface area contributed by atoms with Crippen LogP contribution < -0.4 is 0 Å². The molecule has 0 atom stereocenters. The minimum atomic E-state index is 1.19. The van der Waals surface area contributed by atoms with Gasteiger partial charge in [0.15, 0.2) is 0 Å². The van der Waals surface area contributed by atoms with Crippen LogP contribution in [-0.4, -0.2) is 0 Å². The van der Waals surface area contributed by atoms with E-state index in [-0.39, 0.29) is 0 Å². The minimum absolute atomic E-state index is 1.19. The zero-order valence-electron chi connectivity index (χ0n) is 39.3. The van der Waals surface area contributed by atoms with E-state index in [2.05, 4.69) is 268 Å². The minimum Gasteiger partial charge on any atom is -0.0622 e. The molecule has 0 saturated heterocycles. The van der Waals surface area contributed by atoms with Crippen LogP contribution in [0, 0.1) is 6.92 Å². The van der Waals surface area contributed by atoms with Crippen LogP contribution in [0.5, 0.6) is 0 Å². The summed E-state index contributed by atoms with van der Waals surface area (Å²) in [6.45, 7) is 2.40. The van der Waals surface area contributed by atoms with E-state index >= 15 is 0 Å². The maximum atomic E-state index is 2.50. The molecule has 14 rings (SSSR count). The molecule has 2 aliphatic rings. The first kappa shape index (κ1) is 40.9. The van der Waals surface area contributed by atoms with E-state index in [4.69, 9.17) is 0 Å². The summed E-state index contributed by atoms with van der Waals surface area (Å²) >= 11 is 0. The highest BCUT2D eigenvalue weighted by molar-refractivity contribution is 6.41. The van der Waals surface area contributed by atoms with Crippen LogP contribution in [0.2, 0.25) is 0 Å². The molecule has 330 valence electrons. The van der Waals surface area contributed by atoms with Crippen LogP contribution in [0.15, 0.2) is 266 Å². The lowest BCUT2D eigenvalue weighted by molar-refractivity contribution is 1.40. The third-order valence-corrected chi connectivity index (χ3v) is 15.1. The lowest BCUT2D eigenvalue weighted by Crippen LogP contribution is -2.04. The Labute approximate surface area is 414 Å². The Morgan fingerprint density at radius 1 is 0.183 bits per heavy atom. The number of fused-ring (bicyclic) bond motifs is 9. The summed E-state index contributed by atoms with van der Waals surface area (Å²) in [5.41, 5.74) is 23.6. The Morgan fingerprint density at radius 3 is 0.972 bits per heavy atom. The smallest absolute Gasteiger partial charge is 0.000104 e. The maximum absolute atomic E-state index is 2.50. The van der Waals surface area contributed by atoms with Crippen LogP contribution in [-0.2, 0) is 0 Å². The molecular formula is C71H46. The molecule has 0 bridgehead atoms. The molecule has 0 amide bonds. The summed E-state index contributed by atoms with van der Waals surface area (Å²) in [5, 5.41) is 9.98. The van der Waals surface area contributed by atoms with Gasteiger partial charge in [0.25, 0.3) is 0 Å². The SMILES string of the molecule is Cc1c2c(c(-c3ccccc3)c(-c3ccccc3)c1-c1ccccc1)C(c1ccc3ccc4ccccc4c3c1)=C1C(c3ccccc3)=C(c3ccccc3)C(c3ccc4ccc5ccccc5c4c3)=C12. The Hall–Kier alpha value is -9.10. The van der Waals surface area contributed by atoms with Gasteiger partial charge < -0.3 is 0 Å². The molecule has 0 aliphatic heterocycles. The largest absolute Gasteiger partial charge is 0.0622 e.